The summed E-state index contributed by atoms with van der Waals surface area (Å²) in [5.74, 6) is 0.199. The summed E-state index contributed by atoms with van der Waals surface area (Å²) in [6, 6.07) is 0. The van der Waals surface area contributed by atoms with Gasteiger partial charge in [-0.15, -0.1) is 0 Å². The normalized spacial score (nSPS) is 17.2. The van der Waals surface area contributed by atoms with Gasteiger partial charge in [-0.2, -0.15) is 0 Å². The van der Waals surface area contributed by atoms with E-state index >= 15 is 0 Å². The summed E-state index contributed by atoms with van der Waals surface area (Å²) in [6.07, 6.45) is 8.28. The maximum absolute atomic E-state index is 11.1. The Kier molecular flexibility index (Phi) is 0.888. The van der Waals surface area contributed by atoms with Gasteiger partial charge in [-0.25, -0.2) is 0 Å². The highest BCUT2D eigenvalue weighted by Crippen LogP contribution is 2.15. The van der Waals surface area contributed by atoms with Gasteiger partial charge < -0.3 is 4.98 Å². The topological polar surface area (TPSA) is 32.9 Å². The van der Waals surface area contributed by atoms with Crippen molar-refractivity contribution in [1.82, 2.24) is 4.98 Å². The third-order valence-corrected chi connectivity index (χ3v) is 2.37. The van der Waals surface area contributed by atoms with E-state index in [-0.39, 0.29) is 5.78 Å². The summed E-state index contributed by atoms with van der Waals surface area (Å²) in [5.41, 5.74) is 2.34. The van der Waals surface area contributed by atoms with Crippen LogP contribution < -0.4 is 10.6 Å². The molecule has 2 heteroatoms. The lowest BCUT2D eigenvalue weighted by atomic mass is 10.0. The van der Waals surface area contributed by atoms with Crippen LogP contribution in [0.5, 0.6) is 0 Å². The first-order valence-corrected chi connectivity index (χ1v) is 3.99. The highest BCUT2D eigenvalue weighted by Gasteiger charge is 2.13. The molecule has 0 unspecified atom stereocenters. The molecule has 2 aliphatic rings. The highest BCUT2D eigenvalue weighted by molar-refractivity contribution is 6.10. The van der Waals surface area contributed by atoms with Gasteiger partial charge in [0.25, 0.3) is 0 Å². The van der Waals surface area contributed by atoms with Crippen molar-refractivity contribution >= 4 is 30.1 Å². The average Bonchev–Trinajstić information content (AvgIpc) is 2.22. The number of hydrogen-bond donors (Lipinski definition) is 1. The van der Waals surface area contributed by atoms with E-state index in [9.17, 15) is 4.79 Å². The average molecular weight is 157 g/mol. The fourth-order valence-corrected chi connectivity index (χ4v) is 1.69. The molecule has 0 fully saturated rings. The lowest BCUT2D eigenvalue weighted by molar-refractivity contribution is -0.112. The van der Waals surface area contributed by atoms with Crippen LogP contribution in [-0.2, 0) is 4.79 Å². The van der Waals surface area contributed by atoms with Crippen LogP contribution in [0.3, 0.4) is 0 Å². The molecule has 12 heavy (non-hydrogen) atoms. The molecule has 0 radical (unpaired) electrons. The van der Waals surface area contributed by atoms with E-state index < -0.39 is 0 Å². The molecule has 1 N–H and O–H groups in total. The zero-order valence-electron chi connectivity index (χ0n) is 6.42. The molecular formula is C10H7NO. The highest BCUT2D eigenvalue weighted by atomic mass is 16.1. The molecule has 0 saturated heterocycles. The SMILES string of the molecule is O=C1C=c2c3c([nH]c2=CC1)C=C3. The summed E-state index contributed by atoms with van der Waals surface area (Å²) in [4.78, 5) is 14.3. The minimum absolute atomic E-state index is 0.199. The Labute approximate surface area is 68.9 Å². The van der Waals surface area contributed by atoms with E-state index in [0.29, 0.717) is 6.42 Å². The van der Waals surface area contributed by atoms with Gasteiger partial charge in [0.2, 0.25) is 0 Å². The van der Waals surface area contributed by atoms with Crippen molar-refractivity contribution in [3.8, 4) is 0 Å². The number of Topliss-reactive ketones (excluding diaryl/α,β-unsaturated/α-hetero) is 1. The molecule has 58 valence electrons. The van der Waals surface area contributed by atoms with Gasteiger partial charge in [0.05, 0.1) is 0 Å². The van der Waals surface area contributed by atoms with Crippen LogP contribution in [0.1, 0.15) is 17.7 Å². The molecule has 1 aromatic heterocycles. The number of carbonyl (C=O) groups is 1. The van der Waals surface area contributed by atoms with E-state index in [1.54, 1.807) is 6.08 Å². The smallest absolute Gasteiger partial charge is 0.160 e. The van der Waals surface area contributed by atoms with Gasteiger partial charge in [0.1, 0.15) is 0 Å². The standard InChI is InChI=1S/C10H7NO/c12-6-1-3-10-8(5-6)7-2-4-9(7)11-10/h2-5,11H,1H2. The number of ketones is 1. The predicted molar refractivity (Wildman–Crippen MR) is 47.5 cm³/mol. The molecule has 0 atom stereocenters. The maximum atomic E-state index is 11.1. The Balaban J connectivity index is 2.50. The first-order chi connectivity index (χ1) is 5.84. The molecule has 0 amide bonds. The molecular weight excluding hydrogens is 150 g/mol. The zero-order chi connectivity index (χ0) is 8.13. The Morgan fingerprint density at radius 1 is 1.33 bits per heavy atom. The Morgan fingerprint density at radius 2 is 2.25 bits per heavy atom. The van der Waals surface area contributed by atoms with Crippen molar-refractivity contribution in [3.63, 3.8) is 0 Å². The minimum atomic E-state index is 0.199. The summed E-state index contributed by atoms with van der Waals surface area (Å²) >= 11 is 0. The van der Waals surface area contributed by atoms with Crippen LogP contribution in [0, 0.1) is 0 Å². The molecule has 0 spiro atoms. The number of rotatable bonds is 0. The molecule has 2 aliphatic carbocycles. The van der Waals surface area contributed by atoms with Crippen LogP contribution >= 0.6 is 0 Å². The fourth-order valence-electron chi connectivity index (χ4n) is 1.69. The summed E-state index contributed by atoms with van der Waals surface area (Å²) in [6.45, 7) is 0. The van der Waals surface area contributed by atoms with Crippen LogP contribution in [0.15, 0.2) is 0 Å². The first-order valence-electron chi connectivity index (χ1n) is 3.99. The Bertz CT molecular complexity index is 517. The minimum Gasteiger partial charge on any atom is -0.355 e. The number of H-pyrrole nitrogens is 1. The predicted octanol–water partition coefficient (Wildman–Crippen LogP) is 0.0323. The monoisotopic (exact) mass is 157 g/mol. The zero-order valence-corrected chi connectivity index (χ0v) is 6.42. The van der Waals surface area contributed by atoms with Gasteiger partial charge in [-0.3, -0.25) is 4.79 Å². The number of aromatic nitrogens is 1. The quantitative estimate of drug-likeness (QED) is 0.575. The second kappa shape index (κ2) is 1.78. The lowest BCUT2D eigenvalue weighted by Crippen LogP contribution is -2.28. The van der Waals surface area contributed by atoms with Gasteiger partial charge in [-0.05, 0) is 12.2 Å². The fraction of sp³-hybridized carbons (Fsp3) is 0.100. The summed E-state index contributed by atoms with van der Waals surface area (Å²) in [5, 5.41) is 2.17. The van der Waals surface area contributed by atoms with Crippen molar-refractivity contribution in [3.05, 3.63) is 21.8 Å². The molecule has 0 bridgehead atoms. The van der Waals surface area contributed by atoms with Crippen molar-refractivity contribution in [2.75, 3.05) is 0 Å². The van der Waals surface area contributed by atoms with E-state index in [1.165, 1.54) is 5.56 Å². The summed E-state index contributed by atoms with van der Waals surface area (Å²) in [7, 11) is 0. The van der Waals surface area contributed by atoms with Gasteiger partial charge in [-0.1, -0.05) is 12.2 Å². The molecule has 0 saturated carbocycles. The van der Waals surface area contributed by atoms with E-state index in [1.807, 2.05) is 18.2 Å². The number of nitrogens with one attached hydrogen (secondary N) is 1. The third kappa shape index (κ3) is 0.576. The van der Waals surface area contributed by atoms with E-state index in [4.69, 9.17) is 0 Å². The number of hydrogen-bond acceptors (Lipinski definition) is 1. The maximum Gasteiger partial charge on any atom is 0.160 e. The van der Waals surface area contributed by atoms with Crippen LogP contribution in [0.2, 0.25) is 0 Å². The molecule has 3 rings (SSSR count). The number of aromatic amines is 1. The molecule has 1 heterocycles. The number of carbonyl (C=O) groups excluding carboxylic acids is 1. The van der Waals surface area contributed by atoms with Crippen molar-refractivity contribution in [2.45, 2.75) is 6.42 Å². The van der Waals surface area contributed by atoms with Crippen LogP contribution in [0.25, 0.3) is 24.3 Å². The Morgan fingerprint density at radius 3 is 3.00 bits per heavy atom. The molecule has 0 aromatic carbocycles. The van der Waals surface area contributed by atoms with Crippen molar-refractivity contribution < 1.29 is 4.79 Å². The summed E-state index contributed by atoms with van der Waals surface area (Å²) < 4.78 is 0. The second-order valence-electron chi connectivity index (χ2n) is 3.13. The largest absolute Gasteiger partial charge is 0.355 e. The van der Waals surface area contributed by atoms with Gasteiger partial charge in [0, 0.05) is 28.2 Å². The van der Waals surface area contributed by atoms with Crippen LogP contribution in [0.4, 0.5) is 0 Å². The molecule has 1 aromatic rings. The van der Waals surface area contributed by atoms with E-state index in [0.717, 1.165) is 16.3 Å². The second-order valence-corrected chi connectivity index (χ2v) is 3.13. The molecule has 0 aliphatic heterocycles. The molecule has 2 nitrogen and oxygen atoms in total. The lowest BCUT2D eigenvalue weighted by Gasteiger charge is -2.00. The Hall–Kier alpha value is -1.57. The number of fused-ring (bicyclic) bond motifs is 3. The first kappa shape index (κ1) is 6.00. The van der Waals surface area contributed by atoms with Crippen molar-refractivity contribution in [2.24, 2.45) is 0 Å². The third-order valence-electron chi connectivity index (χ3n) is 2.37. The van der Waals surface area contributed by atoms with Crippen LogP contribution in [-0.4, -0.2) is 10.8 Å². The van der Waals surface area contributed by atoms with Gasteiger partial charge >= 0.3 is 0 Å². The van der Waals surface area contributed by atoms with Crippen molar-refractivity contribution in [1.29, 1.82) is 0 Å². The van der Waals surface area contributed by atoms with E-state index in [2.05, 4.69) is 4.98 Å². The van der Waals surface area contributed by atoms with Gasteiger partial charge in [0.15, 0.2) is 5.78 Å².